The summed E-state index contributed by atoms with van der Waals surface area (Å²) in [5.41, 5.74) is 1.73. The molecule has 2 aliphatic rings. The summed E-state index contributed by atoms with van der Waals surface area (Å²) < 4.78 is 14.9. The maximum atomic E-state index is 14.9. The number of halogens is 1. The van der Waals surface area contributed by atoms with Crippen LogP contribution in [-0.4, -0.2) is 40.8 Å². The van der Waals surface area contributed by atoms with Crippen LogP contribution in [0.5, 0.6) is 0 Å². The van der Waals surface area contributed by atoms with Crippen molar-refractivity contribution >= 4 is 28.0 Å². The highest BCUT2D eigenvalue weighted by atomic mass is 19.1. The zero-order valence-electron chi connectivity index (χ0n) is 16.6. The number of pyridine rings is 1. The van der Waals surface area contributed by atoms with E-state index in [1.54, 1.807) is 29.4 Å². The van der Waals surface area contributed by atoms with Gasteiger partial charge in [0.05, 0.1) is 5.92 Å². The summed E-state index contributed by atoms with van der Waals surface area (Å²) in [5, 5.41) is 2.09. The van der Waals surface area contributed by atoms with Gasteiger partial charge in [0.15, 0.2) is 0 Å². The Bertz CT molecular complexity index is 989. The highest BCUT2D eigenvalue weighted by molar-refractivity contribution is 5.91. The van der Waals surface area contributed by atoms with Gasteiger partial charge < -0.3 is 4.90 Å². The normalized spacial score (nSPS) is 22.6. The lowest BCUT2D eigenvalue weighted by molar-refractivity contribution is -0.135. The van der Waals surface area contributed by atoms with Crippen molar-refractivity contribution in [3.05, 3.63) is 60.5 Å². The molecule has 2 aromatic rings. The lowest BCUT2D eigenvalue weighted by Gasteiger charge is -2.33. The number of amides is 1. The van der Waals surface area contributed by atoms with Gasteiger partial charge in [0.25, 0.3) is 0 Å². The minimum Gasteiger partial charge on any atom is -0.343 e. The van der Waals surface area contributed by atoms with Crippen molar-refractivity contribution in [2.75, 3.05) is 13.1 Å². The Morgan fingerprint density at radius 2 is 1.97 bits per heavy atom. The number of carbonyl (C=O) groups excluding carboxylic acids is 2. The summed E-state index contributed by atoms with van der Waals surface area (Å²) in [6.45, 7) is 3.02. The van der Waals surface area contributed by atoms with E-state index >= 15 is 0 Å². The molecule has 5 heteroatoms. The first-order valence-corrected chi connectivity index (χ1v) is 10.3. The zero-order chi connectivity index (χ0) is 20.4. The van der Waals surface area contributed by atoms with Gasteiger partial charge in [0.2, 0.25) is 5.91 Å². The molecule has 2 atom stereocenters. The van der Waals surface area contributed by atoms with Gasteiger partial charge >= 0.3 is 0 Å². The molecular weight excluding hydrogens is 367 g/mol. The Morgan fingerprint density at radius 3 is 2.69 bits per heavy atom. The maximum Gasteiger partial charge on any atom is 0.222 e. The van der Waals surface area contributed by atoms with E-state index in [1.165, 1.54) is 0 Å². The molecule has 1 saturated heterocycles. The molecule has 4 rings (SSSR count). The van der Waals surface area contributed by atoms with E-state index in [1.807, 2.05) is 37.3 Å². The van der Waals surface area contributed by atoms with Gasteiger partial charge in [-0.05, 0) is 47.6 Å². The SMILES string of the molecule is CCC(=O)N1CCC(C(=O)C2C=CC(c3ccc4cnccc4c3)=CC2F)CC1. The number of carbonyl (C=O) groups is 2. The number of Topliss-reactive ketones (excluding diaryl/α,β-unsaturated/α-hetero) is 1. The number of hydrogen-bond donors (Lipinski definition) is 0. The number of nitrogens with zero attached hydrogens (tertiary/aromatic N) is 2. The molecule has 0 spiro atoms. The number of piperidine rings is 1. The average Bonchev–Trinajstić information content (AvgIpc) is 2.77. The summed E-state index contributed by atoms with van der Waals surface area (Å²) in [6.07, 6.45) is 9.06. The Balaban J connectivity index is 1.44. The van der Waals surface area contributed by atoms with Crippen molar-refractivity contribution in [2.45, 2.75) is 32.4 Å². The van der Waals surface area contributed by atoms with Crippen molar-refractivity contribution in [2.24, 2.45) is 11.8 Å². The summed E-state index contributed by atoms with van der Waals surface area (Å²) in [5.74, 6) is -0.832. The van der Waals surface area contributed by atoms with Crippen molar-refractivity contribution in [1.29, 1.82) is 0 Å². The molecule has 1 fully saturated rings. The van der Waals surface area contributed by atoms with Crippen LogP contribution >= 0.6 is 0 Å². The van der Waals surface area contributed by atoms with Crippen molar-refractivity contribution in [1.82, 2.24) is 9.88 Å². The molecule has 2 heterocycles. The first-order valence-electron chi connectivity index (χ1n) is 10.3. The van der Waals surface area contributed by atoms with Gasteiger partial charge in [-0.2, -0.15) is 0 Å². The standard InChI is InChI=1S/C24H25FN2O2/c1-2-23(28)27-11-8-16(9-12-27)24(29)21-6-5-18(14-22(21)25)17-3-4-20-15-26-10-7-19(20)13-17/h3-7,10,13-16,21-22H,2,8-9,11-12H2,1H3. The summed E-state index contributed by atoms with van der Waals surface area (Å²) in [4.78, 5) is 30.6. The van der Waals surface area contributed by atoms with Crippen molar-refractivity contribution in [3.63, 3.8) is 0 Å². The van der Waals surface area contributed by atoms with E-state index in [-0.39, 0.29) is 17.6 Å². The van der Waals surface area contributed by atoms with Gasteiger partial charge in [-0.3, -0.25) is 14.6 Å². The van der Waals surface area contributed by atoms with Crippen LogP contribution in [0.15, 0.2) is 54.9 Å². The molecule has 1 amide bonds. The Kier molecular flexibility index (Phi) is 5.56. The lowest BCUT2D eigenvalue weighted by atomic mass is 9.80. The minimum absolute atomic E-state index is 0.0442. The molecule has 2 unspecified atom stereocenters. The van der Waals surface area contributed by atoms with Crippen molar-refractivity contribution < 1.29 is 14.0 Å². The van der Waals surface area contributed by atoms with E-state index in [0.29, 0.717) is 32.4 Å². The number of aromatic nitrogens is 1. The highest BCUT2D eigenvalue weighted by Crippen LogP contribution is 2.32. The largest absolute Gasteiger partial charge is 0.343 e. The van der Waals surface area contributed by atoms with Crippen LogP contribution in [-0.2, 0) is 9.59 Å². The van der Waals surface area contributed by atoms with Crippen LogP contribution in [0, 0.1) is 11.8 Å². The first kappa shape index (κ1) is 19.5. The van der Waals surface area contributed by atoms with Gasteiger partial charge in [-0.1, -0.05) is 31.2 Å². The van der Waals surface area contributed by atoms with Crippen LogP contribution in [0.3, 0.4) is 0 Å². The van der Waals surface area contributed by atoms with Crippen molar-refractivity contribution in [3.8, 4) is 0 Å². The zero-order valence-corrected chi connectivity index (χ0v) is 16.6. The molecule has 0 saturated carbocycles. The van der Waals surface area contributed by atoms with E-state index < -0.39 is 12.1 Å². The van der Waals surface area contributed by atoms with Crippen LogP contribution in [0.1, 0.15) is 31.7 Å². The fraction of sp³-hybridized carbons (Fsp3) is 0.375. The second kappa shape index (κ2) is 8.27. The number of likely N-dealkylation sites (tertiary alicyclic amines) is 1. The second-order valence-electron chi connectivity index (χ2n) is 7.80. The van der Waals surface area contributed by atoms with E-state index in [4.69, 9.17) is 0 Å². The third kappa shape index (κ3) is 4.00. The van der Waals surface area contributed by atoms with E-state index in [0.717, 1.165) is 21.9 Å². The number of ketones is 1. The maximum absolute atomic E-state index is 14.9. The summed E-state index contributed by atoms with van der Waals surface area (Å²) in [7, 11) is 0. The highest BCUT2D eigenvalue weighted by Gasteiger charge is 2.34. The number of hydrogen-bond acceptors (Lipinski definition) is 3. The molecule has 0 radical (unpaired) electrons. The van der Waals surface area contributed by atoms with Crippen LogP contribution < -0.4 is 0 Å². The minimum atomic E-state index is -1.33. The number of fused-ring (bicyclic) bond motifs is 1. The van der Waals surface area contributed by atoms with E-state index in [2.05, 4.69) is 4.98 Å². The lowest BCUT2D eigenvalue weighted by Crippen LogP contribution is -2.42. The molecule has 29 heavy (non-hydrogen) atoms. The number of allylic oxidation sites excluding steroid dienone is 4. The summed E-state index contributed by atoms with van der Waals surface area (Å²) >= 11 is 0. The Hall–Kier alpha value is -2.82. The quantitative estimate of drug-likeness (QED) is 0.777. The molecule has 150 valence electrons. The van der Waals surface area contributed by atoms with Crippen LogP contribution in [0.2, 0.25) is 0 Å². The molecule has 1 aromatic carbocycles. The number of alkyl halides is 1. The molecule has 1 aliphatic carbocycles. The fourth-order valence-electron chi connectivity index (χ4n) is 4.26. The van der Waals surface area contributed by atoms with Crippen LogP contribution in [0.25, 0.3) is 16.3 Å². The molecule has 4 nitrogen and oxygen atoms in total. The monoisotopic (exact) mass is 392 g/mol. The van der Waals surface area contributed by atoms with E-state index in [9.17, 15) is 14.0 Å². The number of rotatable bonds is 4. The second-order valence-corrected chi connectivity index (χ2v) is 7.80. The topological polar surface area (TPSA) is 50.3 Å². The average molecular weight is 392 g/mol. The Labute approximate surface area is 170 Å². The van der Waals surface area contributed by atoms with Gasteiger partial charge in [0.1, 0.15) is 12.0 Å². The smallest absolute Gasteiger partial charge is 0.222 e. The molecule has 1 aromatic heterocycles. The third-order valence-corrected chi connectivity index (χ3v) is 6.02. The molecule has 1 aliphatic heterocycles. The third-order valence-electron chi connectivity index (χ3n) is 6.02. The molecule has 0 N–H and O–H groups in total. The summed E-state index contributed by atoms with van der Waals surface area (Å²) in [6, 6.07) is 7.88. The van der Waals surface area contributed by atoms with Gasteiger partial charge in [0, 0.05) is 43.2 Å². The fourth-order valence-corrected chi connectivity index (χ4v) is 4.26. The predicted octanol–water partition coefficient (Wildman–Crippen LogP) is 4.36. The molecular formula is C24H25FN2O2. The predicted molar refractivity (Wildman–Crippen MR) is 112 cm³/mol. The number of benzene rings is 1. The Morgan fingerprint density at radius 1 is 1.17 bits per heavy atom. The van der Waals surface area contributed by atoms with Crippen LogP contribution in [0.4, 0.5) is 4.39 Å². The van der Waals surface area contributed by atoms with Gasteiger partial charge in [-0.15, -0.1) is 0 Å². The van der Waals surface area contributed by atoms with Gasteiger partial charge in [-0.25, -0.2) is 4.39 Å². The first-order chi connectivity index (χ1) is 14.1. The molecule has 0 bridgehead atoms.